The Balaban J connectivity index is 2.71. The first-order valence-corrected chi connectivity index (χ1v) is 5.49. The average molecular weight is 239 g/mol. The number of carbonyl (C=O) groups is 2. The zero-order valence-corrected chi connectivity index (χ0v) is 10.2. The van der Waals surface area contributed by atoms with Crippen LogP contribution in [0.3, 0.4) is 0 Å². The van der Waals surface area contributed by atoms with Gasteiger partial charge in [0.1, 0.15) is 6.04 Å². The standard InChI is InChI=1S/C12H17NO4/c1-7(2)6-9(12(15)16)13-11(14)10-8(3)4-5-17-10/h4-5,7,9H,6H2,1-3H3,(H,13,14)(H,15,16)/t9-/m1/s1. The number of nitrogens with one attached hydrogen (secondary N) is 1. The largest absolute Gasteiger partial charge is 0.480 e. The first-order valence-electron chi connectivity index (χ1n) is 5.49. The van der Waals surface area contributed by atoms with Gasteiger partial charge >= 0.3 is 5.97 Å². The van der Waals surface area contributed by atoms with Crippen molar-refractivity contribution in [3.05, 3.63) is 23.7 Å². The van der Waals surface area contributed by atoms with Crippen molar-refractivity contribution >= 4 is 11.9 Å². The lowest BCUT2D eigenvalue weighted by molar-refractivity contribution is -0.139. The van der Waals surface area contributed by atoms with Gasteiger partial charge in [0.25, 0.3) is 5.91 Å². The Labute approximate surface area is 99.8 Å². The van der Waals surface area contributed by atoms with Crippen LogP contribution >= 0.6 is 0 Å². The molecule has 0 radical (unpaired) electrons. The van der Waals surface area contributed by atoms with E-state index in [2.05, 4.69) is 5.32 Å². The van der Waals surface area contributed by atoms with Crippen molar-refractivity contribution in [1.82, 2.24) is 5.32 Å². The summed E-state index contributed by atoms with van der Waals surface area (Å²) in [6, 6.07) is 0.777. The SMILES string of the molecule is Cc1ccoc1C(=O)N[C@H](CC(C)C)C(=O)O. The molecule has 1 rings (SSSR count). The van der Waals surface area contributed by atoms with E-state index < -0.39 is 17.9 Å². The lowest BCUT2D eigenvalue weighted by Crippen LogP contribution is -2.41. The minimum atomic E-state index is -1.03. The van der Waals surface area contributed by atoms with E-state index in [1.807, 2.05) is 13.8 Å². The Morgan fingerprint density at radius 1 is 1.47 bits per heavy atom. The van der Waals surface area contributed by atoms with Crippen molar-refractivity contribution in [3.63, 3.8) is 0 Å². The van der Waals surface area contributed by atoms with Crippen LogP contribution in [-0.4, -0.2) is 23.0 Å². The van der Waals surface area contributed by atoms with E-state index in [-0.39, 0.29) is 11.7 Å². The molecule has 1 heterocycles. The molecule has 1 aromatic heterocycles. The minimum Gasteiger partial charge on any atom is -0.480 e. The lowest BCUT2D eigenvalue weighted by Gasteiger charge is -2.15. The molecule has 0 aliphatic carbocycles. The number of aliphatic carboxylic acids is 1. The predicted molar refractivity (Wildman–Crippen MR) is 61.8 cm³/mol. The van der Waals surface area contributed by atoms with Crippen LogP contribution in [0, 0.1) is 12.8 Å². The van der Waals surface area contributed by atoms with Gasteiger partial charge in [0.2, 0.25) is 0 Å². The highest BCUT2D eigenvalue weighted by molar-refractivity contribution is 5.95. The molecule has 2 N–H and O–H groups in total. The summed E-state index contributed by atoms with van der Waals surface area (Å²) in [5, 5.41) is 11.5. The highest BCUT2D eigenvalue weighted by Crippen LogP contribution is 2.10. The van der Waals surface area contributed by atoms with Gasteiger partial charge in [-0.3, -0.25) is 4.79 Å². The van der Waals surface area contributed by atoms with Gasteiger partial charge in [0, 0.05) is 5.56 Å². The van der Waals surface area contributed by atoms with Gasteiger partial charge in [-0.15, -0.1) is 0 Å². The van der Waals surface area contributed by atoms with Crippen molar-refractivity contribution in [3.8, 4) is 0 Å². The number of carbonyl (C=O) groups excluding carboxylic acids is 1. The number of hydrogen-bond acceptors (Lipinski definition) is 3. The molecule has 5 heteroatoms. The minimum absolute atomic E-state index is 0.167. The number of furan rings is 1. The molecule has 0 saturated carbocycles. The van der Waals surface area contributed by atoms with Crippen molar-refractivity contribution < 1.29 is 19.1 Å². The van der Waals surface area contributed by atoms with E-state index in [9.17, 15) is 9.59 Å². The maximum atomic E-state index is 11.8. The van der Waals surface area contributed by atoms with Gasteiger partial charge in [-0.25, -0.2) is 4.79 Å². The Hall–Kier alpha value is -1.78. The Bertz CT molecular complexity index is 408. The molecule has 0 saturated heterocycles. The van der Waals surface area contributed by atoms with Crippen LogP contribution in [0.2, 0.25) is 0 Å². The molecule has 1 amide bonds. The third-order valence-electron chi connectivity index (χ3n) is 2.38. The maximum absolute atomic E-state index is 11.8. The van der Waals surface area contributed by atoms with Crippen LogP contribution in [0.1, 0.15) is 36.4 Å². The monoisotopic (exact) mass is 239 g/mol. The van der Waals surface area contributed by atoms with E-state index in [0.29, 0.717) is 12.0 Å². The summed E-state index contributed by atoms with van der Waals surface area (Å²) < 4.78 is 5.01. The Morgan fingerprint density at radius 3 is 2.53 bits per heavy atom. The van der Waals surface area contributed by atoms with Gasteiger partial charge in [0.05, 0.1) is 6.26 Å². The summed E-state index contributed by atoms with van der Waals surface area (Å²) >= 11 is 0. The zero-order chi connectivity index (χ0) is 13.0. The predicted octanol–water partition coefficient (Wildman–Crippen LogP) is 1.82. The van der Waals surface area contributed by atoms with Gasteiger partial charge in [-0.2, -0.15) is 0 Å². The molecule has 17 heavy (non-hydrogen) atoms. The summed E-state index contributed by atoms with van der Waals surface area (Å²) in [6.45, 7) is 5.54. The van der Waals surface area contributed by atoms with Crippen molar-refractivity contribution in [2.45, 2.75) is 33.2 Å². The quantitative estimate of drug-likeness (QED) is 0.821. The fourth-order valence-corrected chi connectivity index (χ4v) is 1.52. The van der Waals surface area contributed by atoms with Crippen molar-refractivity contribution in [2.24, 2.45) is 5.92 Å². The maximum Gasteiger partial charge on any atom is 0.326 e. The normalized spacial score (nSPS) is 12.5. The first-order chi connectivity index (χ1) is 7.91. The molecule has 0 aromatic carbocycles. The van der Waals surface area contributed by atoms with E-state index in [1.54, 1.807) is 13.0 Å². The van der Waals surface area contributed by atoms with Crippen LogP contribution in [0.4, 0.5) is 0 Å². The summed E-state index contributed by atoms with van der Waals surface area (Å²) in [4.78, 5) is 22.7. The third-order valence-corrected chi connectivity index (χ3v) is 2.38. The highest BCUT2D eigenvalue weighted by atomic mass is 16.4. The van der Waals surface area contributed by atoms with Gasteiger partial charge < -0.3 is 14.8 Å². The fourth-order valence-electron chi connectivity index (χ4n) is 1.52. The number of aryl methyl sites for hydroxylation is 1. The number of amides is 1. The van der Waals surface area contributed by atoms with Gasteiger partial charge in [-0.1, -0.05) is 13.8 Å². The smallest absolute Gasteiger partial charge is 0.326 e. The number of hydrogen-bond donors (Lipinski definition) is 2. The fraction of sp³-hybridized carbons (Fsp3) is 0.500. The summed E-state index contributed by atoms with van der Waals surface area (Å²) in [5.41, 5.74) is 0.691. The van der Waals surface area contributed by atoms with E-state index in [0.717, 1.165) is 0 Å². The highest BCUT2D eigenvalue weighted by Gasteiger charge is 2.23. The molecule has 0 fully saturated rings. The zero-order valence-electron chi connectivity index (χ0n) is 10.2. The number of carboxylic acids is 1. The van der Waals surface area contributed by atoms with Gasteiger partial charge in [-0.05, 0) is 25.3 Å². The first kappa shape index (κ1) is 13.3. The Morgan fingerprint density at radius 2 is 2.12 bits per heavy atom. The average Bonchev–Trinajstić information content (AvgIpc) is 2.62. The van der Waals surface area contributed by atoms with Crippen molar-refractivity contribution in [1.29, 1.82) is 0 Å². The second-order valence-electron chi connectivity index (χ2n) is 4.43. The number of carboxylic acid groups (broad SMARTS) is 1. The second kappa shape index (κ2) is 5.52. The molecule has 0 spiro atoms. The molecule has 5 nitrogen and oxygen atoms in total. The van der Waals surface area contributed by atoms with Crippen LogP contribution in [0.5, 0.6) is 0 Å². The second-order valence-corrected chi connectivity index (χ2v) is 4.43. The third kappa shape index (κ3) is 3.62. The summed E-state index contributed by atoms with van der Waals surface area (Å²) in [7, 11) is 0. The van der Waals surface area contributed by atoms with E-state index in [4.69, 9.17) is 9.52 Å². The van der Waals surface area contributed by atoms with Crippen molar-refractivity contribution in [2.75, 3.05) is 0 Å². The van der Waals surface area contributed by atoms with Crippen LogP contribution < -0.4 is 5.32 Å². The molecular formula is C12H17NO4. The van der Waals surface area contributed by atoms with Crippen LogP contribution in [-0.2, 0) is 4.79 Å². The van der Waals surface area contributed by atoms with Gasteiger partial charge in [0.15, 0.2) is 5.76 Å². The topological polar surface area (TPSA) is 79.5 Å². The molecule has 1 atom stereocenters. The number of rotatable bonds is 5. The van der Waals surface area contributed by atoms with Crippen LogP contribution in [0.15, 0.2) is 16.7 Å². The molecule has 0 bridgehead atoms. The molecule has 0 aliphatic rings. The molecular weight excluding hydrogens is 222 g/mol. The lowest BCUT2D eigenvalue weighted by atomic mass is 10.0. The molecule has 0 aliphatic heterocycles. The Kier molecular flexibility index (Phi) is 4.31. The molecule has 0 unspecified atom stereocenters. The van der Waals surface area contributed by atoms with Crippen LogP contribution in [0.25, 0.3) is 0 Å². The summed E-state index contributed by atoms with van der Waals surface area (Å²) in [5.74, 6) is -1.16. The summed E-state index contributed by atoms with van der Waals surface area (Å²) in [6.07, 6.45) is 1.79. The van der Waals surface area contributed by atoms with E-state index in [1.165, 1.54) is 6.26 Å². The molecule has 94 valence electrons. The van der Waals surface area contributed by atoms with E-state index >= 15 is 0 Å². The molecule has 1 aromatic rings.